The molecule has 0 fully saturated rings. The summed E-state index contributed by atoms with van der Waals surface area (Å²) in [7, 11) is 0. The fourth-order valence-corrected chi connectivity index (χ4v) is 1.22. The molecule has 0 atom stereocenters. The van der Waals surface area contributed by atoms with E-state index in [0.29, 0.717) is 0 Å². The predicted octanol–water partition coefficient (Wildman–Crippen LogP) is 0.289. The molecule has 6 nitrogen and oxygen atoms in total. The van der Waals surface area contributed by atoms with E-state index >= 15 is 0 Å². The summed E-state index contributed by atoms with van der Waals surface area (Å²) in [4.78, 5) is 22.1. The Labute approximate surface area is 96.9 Å². The summed E-state index contributed by atoms with van der Waals surface area (Å²) in [5.74, 6) is -1.82. The van der Waals surface area contributed by atoms with Gasteiger partial charge in [-0.1, -0.05) is 0 Å². The molecule has 2 N–H and O–H groups in total. The molecule has 16 heavy (non-hydrogen) atoms. The van der Waals surface area contributed by atoms with Crippen molar-refractivity contribution in [3.8, 4) is 11.8 Å². The van der Waals surface area contributed by atoms with Crippen LogP contribution in [0.4, 0.5) is 0 Å². The number of aromatic hydroxyl groups is 2. The monoisotopic (exact) mass is 245 g/mol. The molecule has 0 amide bonds. The van der Waals surface area contributed by atoms with Crippen LogP contribution in [0.2, 0.25) is 0 Å². The lowest BCUT2D eigenvalue weighted by Crippen LogP contribution is -2.17. The van der Waals surface area contributed by atoms with E-state index in [0.717, 1.165) is 4.57 Å². The molecule has 88 valence electrons. The topological polar surface area (TPSA) is 88.8 Å². The summed E-state index contributed by atoms with van der Waals surface area (Å²) in [6, 6.07) is 2.44. The van der Waals surface area contributed by atoms with E-state index in [1.165, 1.54) is 12.1 Å². The lowest BCUT2D eigenvalue weighted by molar-refractivity contribution is -0.159. The van der Waals surface area contributed by atoms with Gasteiger partial charge in [0.2, 0.25) is 0 Å². The molecule has 1 aromatic rings. The lowest BCUT2D eigenvalue weighted by Gasteiger charge is -2.05. The molecule has 0 aliphatic rings. The highest BCUT2D eigenvalue weighted by Gasteiger charge is 2.14. The summed E-state index contributed by atoms with van der Waals surface area (Å²) in [5.41, 5.74) is 0. The van der Waals surface area contributed by atoms with E-state index in [4.69, 9.17) is 0 Å². The average Bonchev–Trinajstić information content (AvgIpc) is 2.49. The number of hydrogen-bond acceptors (Lipinski definition) is 6. The van der Waals surface area contributed by atoms with Crippen molar-refractivity contribution in [2.45, 2.75) is 13.0 Å². The number of aromatic nitrogens is 1. The van der Waals surface area contributed by atoms with E-state index in [9.17, 15) is 19.8 Å². The normalized spacial score (nSPS) is 10.1. The van der Waals surface area contributed by atoms with Crippen molar-refractivity contribution >= 4 is 24.6 Å². The zero-order valence-corrected chi connectivity index (χ0v) is 9.18. The first-order chi connectivity index (χ1) is 7.54. The van der Waals surface area contributed by atoms with Gasteiger partial charge in [0.25, 0.3) is 0 Å². The Bertz CT molecular complexity index is 381. The van der Waals surface area contributed by atoms with Crippen LogP contribution in [0.1, 0.15) is 6.42 Å². The standard InChI is InChI=1S/C9H11NO5S/c11-6-1-2-7(12)10(6)5-9(14)15-8(13)3-4-16/h1-2,11-12,16H,3-5H2. The Hall–Kier alpha value is -1.63. The van der Waals surface area contributed by atoms with Crippen molar-refractivity contribution in [2.75, 3.05) is 5.75 Å². The van der Waals surface area contributed by atoms with Crippen molar-refractivity contribution in [3.05, 3.63) is 12.1 Å². The minimum Gasteiger partial charge on any atom is -0.494 e. The van der Waals surface area contributed by atoms with Gasteiger partial charge in [-0.3, -0.25) is 9.36 Å². The van der Waals surface area contributed by atoms with Crippen LogP contribution in [0, 0.1) is 0 Å². The first-order valence-corrected chi connectivity index (χ1v) is 5.09. The predicted molar refractivity (Wildman–Crippen MR) is 57.3 cm³/mol. The molecule has 1 aromatic heterocycles. The second-order valence-electron chi connectivity index (χ2n) is 2.96. The number of hydrogen-bond donors (Lipinski definition) is 3. The van der Waals surface area contributed by atoms with Crippen LogP contribution < -0.4 is 0 Å². The molecule has 0 aliphatic carbocycles. The first-order valence-electron chi connectivity index (χ1n) is 4.46. The van der Waals surface area contributed by atoms with Crippen molar-refractivity contribution in [2.24, 2.45) is 0 Å². The Morgan fingerprint density at radius 2 is 1.81 bits per heavy atom. The van der Waals surface area contributed by atoms with Crippen LogP contribution in [0.15, 0.2) is 12.1 Å². The Kier molecular flexibility index (Phi) is 4.24. The van der Waals surface area contributed by atoms with Crippen LogP contribution in [0.3, 0.4) is 0 Å². The first kappa shape index (κ1) is 12.4. The van der Waals surface area contributed by atoms with Gasteiger partial charge < -0.3 is 14.9 Å². The summed E-state index contributed by atoms with van der Waals surface area (Å²) in [5, 5.41) is 18.4. The van der Waals surface area contributed by atoms with E-state index in [2.05, 4.69) is 17.4 Å². The van der Waals surface area contributed by atoms with Gasteiger partial charge in [-0.15, -0.1) is 0 Å². The van der Waals surface area contributed by atoms with Crippen LogP contribution >= 0.6 is 12.6 Å². The zero-order valence-electron chi connectivity index (χ0n) is 8.29. The highest BCUT2D eigenvalue weighted by atomic mass is 32.1. The molecule has 1 rings (SSSR count). The van der Waals surface area contributed by atoms with Gasteiger partial charge in [-0.2, -0.15) is 12.6 Å². The molecule has 1 heterocycles. The fraction of sp³-hybridized carbons (Fsp3) is 0.333. The van der Waals surface area contributed by atoms with Crippen LogP contribution in [-0.4, -0.2) is 32.5 Å². The molecule has 0 saturated heterocycles. The number of rotatable bonds is 4. The quantitative estimate of drug-likeness (QED) is 0.403. The molecule has 7 heteroatoms. The lowest BCUT2D eigenvalue weighted by atomic mass is 10.5. The molecule has 0 spiro atoms. The molecular weight excluding hydrogens is 234 g/mol. The Morgan fingerprint density at radius 1 is 1.25 bits per heavy atom. The van der Waals surface area contributed by atoms with E-state index in [1.807, 2.05) is 0 Å². The van der Waals surface area contributed by atoms with Crippen LogP contribution in [-0.2, 0) is 20.9 Å². The number of carbonyl (C=O) groups is 2. The second-order valence-corrected chi connectivity index (χ2v) is 3.40. The maximum atomic E-state index is 11.2. The number of thiol groups is 1. The molecule has 0 bridgehead atoms. The summed E-state index contributed by atoms with van der Waals surface area (Å²) < 4.78 is 5.32. The Morgan fingerprint density at radius 3 is 2.31 bits per heavy atom. The highest BCUT2D eigenvalue weighted by Crippen LogP contribution is 2.20. The van der Waals surface area contributed by atoms with Crippen molar-refractivity contribution < 1.29 is 24.5 Å². The smallest absolute Gasteiger partial charge is 0.333 e. The molecule has 0 aromatic carbocycles. The third-order valence-electron chi connectivity index (χ3n) is 1.77. The number of esters is 2. The molecule has 0 unspecified atom stereocenters. The maximum absolute atomic E-state index is 11.2. The summed E-state index contributed by atoms with van der Waals surface area (Å²) in [6.45, 7) is -0.428. The third-order valence-corrected chi connectivity index (χ3v) is 1.99. The van der Waals surface area contributed by atoms with Crippen molar-refractivity contribution in [1.82, 2.24) is 4.57 Å². The van der Waals surface area contributed by atoms with Gasteiger partial charge in [-0.25, -0.2) is 4.79 Å². The van der Waals surface area contributed by atoms with Crippen LogP contribution in [0.5, 0.6) is 11.8 Å². The minimum atomic E-state index is -0.853. The van der Waals surface area contributed by atoms with Gasteiger partial charge >= 0.3 is 11.9 Å². The second kappa shape index (κ2) is 5.45. The fourth-order valence-electron chi connectivity index (χ4n) is 1.04. The van der Waals surface area contributed by atoms with Gasteiger partial charge in [0.15, 0.2) is 11.8 Å². The Balaban J connectivity index is 2.55. The molecular formula is C9H11NO5S. The molecule has 0 saturated carbocycles. The van der Waals surface area contributed by atoms with Gasteiger partial charge in [0.05, 0.1) is 6.42 Å². The van der Waals surface area contributed by atoms with E-state index < -0.39 is 18.5 Å². The van der Waals surface area contributed by atoms with Crippen molar-refractivity contribution in [1.29, 1.82) is 0 Å². The zero-order chi connectivity index (χ0) is 12.1. The number of nitrogens with zero attached hydrogens (tertiary/aromatic N) is 1. The number of carbonyl (C=O) groups excluding carboxylic acids is 2. The number of ether oxygens (including phenoxy) is 1. The van der Waals surface area contributed by atoms with Crippen molar-refractivity contribution in [3.63, 3.8) is 0 Å². The van der Waals surface area contributed by atoms with Crippen LogP contribution in [0.25, 0.3) is 0 Å². The minimum absolute atomic E-state index is 0.0263. The molecule has 0 radical (unpaired) electrons. The maximum Gasteiger partial charge on any atom is 0.333 e. The largest absolute Gasteiger partial charge is 0.494 e. The highest BCUT2D eigenvalue weighted by molar-refractivity contribution is 7.80. The summed E-state index contributed by atoms with van der Waals surface area (Å²) in [6.07, 6.45) is 0.0263. The molecule has 0 aliphatic heterocycles. The summed E-state index contributed by atoms with van der Waals surface area (Å²) >= 11 is 3.81. The van der Waals surface area contributed by atoms with Gasteiger partial charge in [-0.05, 0) is 0 Å². The van der Waals surface area contributed by atoms with E-state index in [1.54, 1.807) is 0 Å². The van der Waals surface area contributed by atoms with E-state index in [-0.39, 0.29) is 23.9 Å². The van der Waals surface area contributed by atoms with Gasteiger partial charge in [0, 0.05) is 17.9 Å². The average molecular weight is 245 g/mol. The van der Waals surface area contributed by atoms with Gasteiger partial charge in [0.1, 0.15) is 6.54 Å². The SMILES string of the molecule is O=C(CCS)OC(=O)Cn1c(O)ccc1O. The third kappa shape index (κ3) is 3.20.